The number of carbonyl (C=O) groups is 2. The van der Waals surface area contributed by atoms with Crippen LogP contribution in [0.1, 0.15) is 31.9 Å². The Labute approximate surface area is 159 Å². The molecule has 2 atom stereocenters. The van der Waals surface area contributed by atoms with Gasteiger partial charge >= 0.3 is 0 Å². The van der Waals surface area contributed by atoms with Gasteiger partial charge in [0, 0.05) is 6.04 Å². The lowest BCUT2D eigenvalue weighted by molar-refractivity contribution is -0.123. The molecule has 1 aliphatic heterocycles. The van der Waals surface area contributed by atoms with Crippen molar-refractivity contribution in [2.45, 2.75) is 32.4 Å². The predicted octanol–water partition coefficient (Wildman–Crippen LogP) is 3.11. The minimum atomic E-state index is -0.434. The number of fused-ring (bicyclic) bond motifs is 1. The van der Waals surface area contributed by atoms with Crippen LogP contribution in [0.25, 0.3) is 0 Å². The molecule has 0 fully saturated rings. The van der Waals surface area contributed by atoms with Crippen molar-refractivity contribution in [2.24, 2.45) is 0 Å². The summed E-state index contributed by atoms with van der Waals surface area (Å²) in [5, 5.41) is 6.21. The molecule has 0 radical (unpaired) electrons. The van der Waals surface area contributed by atoms with Gasteiger partial charge < -0.3 is 10.1 Å². The molecule has 1 heterocycles. The molecule has 0 aliphatic carbocycles. The van der Waals surface area contributed by atoms with Gasteiger partial charge in [-0.1, -0.05) is 31.2 Å². The second-order valence-electron chi connectivity index (χ2n) is 6.61. The Balaban J connectivity index is 1.75. The first kappa shape index (κ1) is 18.9. The van der Waals surface area contributed by atoms with Crippen molar-refractivity contribution in [2.75, 3.05) is 23.9 Å². The Morgan fingerprint density at radius 2 is 1.93 bits per heavy atom. The summed E-state index contributed by atoms with van der Waals surface area (Å²) in [6.07, 6.45) is 0.834. The Kier molecular flexibility index (Phi) is 5.76. The second-order valence-corrected chi connectivity index (χ2v) is 6.61. The van der Waals surface area contributed by atoms with E-state index in [0.29, 0.717) is 5.69 Å². The lowest BCUT2D eigenvalue weighted by atomic mass is 10.0. The highest BCUT2D eigenvalue weighted by Crippen LogP contribution is 2.29. The first-order chi connectivity index (χ1) is 13.0. The van der Waals surface area contributed by atoms with Gasteiger partial charge in [0.15, 0.2) is 0 Å². The molecule has 6 nitrogen and oxygen atoms in total. The fourth-order valence-corrected chi connectivity index (χ4v) is 3.32. The number of carbonyl (C=O) groups excluding carboxylic acids is 2. The first-order valence-electron chi connectivity index (χ1n) is 9.13. The predicted molar refractivity (Wildman–Crippen MR) is 106 cm³/mol. The maximum atomic E-state index is 13.1. The largest absolute Gasteiger partial charge is 0.497 e. The third-order valence-electron chi connectivity index (χ3n) is 4.78. The monoisotopic (exact) mass is 367 g/mol. The van der Waals surface area contributed by atoms with Crippen LogP contribution in [0, 0.1) is 0 Å². The van der Waals surface area contributed by atoms with Gasteiger partial charge in [-0.15, -0.1) is 0 Å². The molecule has 142 valence electrons. The Bertz CT molecular complexity index is 820. The number of hydrogen-bond donors (Lipinski definition) is 2. The quantitative estimate of drug-likeness (QED) is 0.823. The van der Waals surface area contributed by atoms with Crippen LogP contribution in [0.3, 0.4) is 0 Å². The van der Waals surface area contributed by atoms with Gasteiger partial charge in [-0.25, -0.2) is 0 Å². The fourth-order valence-electron chi connectivity index (χ4n) is 3.32. The molecule has 3 rings (SSSR count). The highest BCUT2D eigenvalue weighted by molar-refractivity contribution is 6.11. The van der Waals surface area contributed by atoms with Crippen molar-refractivity contribution >= 4 is 23.2 Å². The van der Waals surface area contributed by atoms with Gasteiger partial charge in [0.2, 0.25) is 11.8 Å². The minimum absolute atomic E-state index is 0.0290. The standard InChI is InChI=1S/C21H25N3O3/c1-4-17(15-9-11-16(27-3)12-10-15)22-14(2)21(26)24-13-20(25)23-18-7-5-6-8-19(18)24/h5-12,14,17,22H,4,13H2,1-3H3,(H,23,25)/t14-,17-/m1/s1. The van der Waals surface area contributed by atoms with Crippen molar-refractivity contribution in [3.8, 4) is 5.75 Å². The van der Waals surface area contributed by atoms with Gasteiger partial charge in [0.25, 0.3) is 0 Å². The molecule has 0 saturated heterocycles. The van der Waals surface area contributed by atoms with E-state index in [1.807, 2.05) is 49.4 Å². The van der Waals surface area contributed by atoms with Gasteiger partial charge in [-0.2, -0.15) is 0 Å². The first-order valence-corrected chi connectivity index (χ1v) is 9.13. The van der Waals surface area contributed by atoms with Gasteiger partial charge in [-0.05, 0) is 43.2 Å². The molecule has 2 aromatic carbocycles. The van der Waals surface area contributed by atoms with Crippen LogP contribution < -0.4 is 20.3 Å². The van der Waals surface area contributed by atoms with Gasteiger partial charge in [-0.3, -0.25) is 19.8 Å². The maximum absolute atomic E-state index is 13.1. The normalized spacial score (nSPS) is 15.5. The van der Waals surface area contributed by atoms with E-state index in [2.05, 4.69) is 17.6 Å². The van der Waals surface area contributed by atoms with Crippen molar-refractivity contribution < 1.29 is 14.3 Å². The molecule has 0 spiro atoms. The zero-order valence-corrected chi connectivity index (χ0v) is 15.9. The van der Waals surface area contributed by atoms with Crippen LogP contribution in [0.5, 0.6) is 5.75 Å². The number of anilines is 2. The minimum Gasteiger partial charge on any atom is -0.497 e. The average molecular weight is 367 g/mol. The van der Waals surface area contributed by atoms with E-state index in [-0.39, 0.29) is 24.4 Å². The zero-order chi connectivity index (χ0) is 19.4. The van der Waals surface area contributed by atoms with Crippen molar-refractivity contribution in [1.29, 1.82) is 0 Å². The van der Waals surface area contributed by atoms with Crippen LogP contribution in [0.15, 0.2) is 48.5 Å². The Morgan fingerprint density at radius 1 is 1.22 bits per heavy atom. The molecule has 0 aromatic heterocycles. The number of nitrogens with one attached hydrogen (secondary N) is 2. The Hall–Kier alpha value is -2.86. The average Bonchev–Trinajstić information content (AvgIpc) is 2.70. The molecule has 2 N–H and O–H groups in total. The number of amides is 2. The van der Waals surface area contributed by atoms with Crippen LogP contribution in [-0.2, 0) is 9.59 Å². The maximum Gasteiger partial charge on any atom is 0.244 e. The van der Waals surface area contributed by atoms with Crippen LogP contribution in [-0.4, -0.2) is 31.5 Å². The van der Waals surface area contributed by atoms with Crippen LogP contribution in [0.2, 0.25) is 0 Å². The van der Waals surface area contributed by atoms with Crippen molar-refractivity contribution in [1.82, 2.24) is 5.32 Å². The van der Waals surface area contributed by atoms with Crippen molar-refractivity contribution in [3.05, 3.63) is 54.1 Å². The summed E-state index contributed by atoms with van der Waals surface area (Å²) in [5.74, 6) is 0.495. The van der Waals surface area contributed by atoms with E-state index in [0.717, 1.165) is 23.4 Å². The summed E-state index contributed by atoms with van der Waals surface area (Å²) in [5.41, 5.74) is 2.49. The van der Waals surface area contributed by atoms with E-state index < -0.39 is 6.04 Å². The number of benzene rings is 2. The number of methoxy groups -OCH3 is 1. The third-order valence-corrected chi connectivity index (χ3v) is 4.78. The lowest BCUT2D eigenvalue weighted by Gasteiger charge is -2.32. The van der Waals surface area contributed by atoms with Crippen molar-refractivity contribution in [3.63, 3.8) is 0 Å². The van der Waals surface area contributed by atoms with Crippen LogP contribution in [0.4, 0.5) is 11.4 Å². The van der Waals surface area contributed by atoms with E-state index in [1.165, 1.54) is 0 Å². The van der Waals surface area contributed by atoms with E-state index in [4.69, 9.17) is 4.74 Å². The zero-order valence-electron chi connectivity index (χ0n) is 15.9. The fraction of sp³-hybridized carbons (Fsp3) is 0.333. The molecule has 0 saturated carbocycles. The number of para-hydroxylation sites is 2. The summed E-state index contributed by atoms with van der Waals surface area (Å²) in [7, 11) is 1.64. The number of ether oxygens (including phenoxy) is 1. The smallest absolute Gasteiger partial charge is 0.244 e. The third kappa shape index (κ3) is 4.11. The number of rotatable bonds is 6. The molecule has 2 amide bonds. The summed E-state index contributed by atoms with van der Waals surface area (Å²) in [6, 6.07) is 14.8. The molecule has 0 unspecified atom stereocenters. The molecule has 1 aliphatic rings. The van der Waals surface area contributed by atoms with Gasteiger partial charge in [0.05, 0.1) is 24.5 Å². The highest BCUT2D eigenvalue weighted by Gasteiger charge is 2.30. The van der Waals surface area contributed by atoms with Gasteiger partial charge in [0.1, 0.15) is 12.3 Å². The highest BCUT2D eigenvalue weighted by atomic mass is 16.5. The van der Waals surface area contributed by atoms with E-state index in [1.54, 1.807) is 18.1 Å². The SMILES string of the molecule is CC[C@@H](N[C@H](C)C(=O)N1CC(=O)Nc2ccccc21)c1ccc(OC)cc1. The summed E-state index contributed by atoms with van der Waals surface area (Å²) < 4.78 is 5.21. The molecule has 27 heavy (non-hydrogen) atoms. The summed E-state index contributed by atoms with van der Waals surface area (Å²) in [4.78, 5) is 26.6. The molecular formula is C21H25N3O3. The van der Waals surface area contributed by atoms with Crippen LogP contribution >= 0.6 is 0 Å². The Morgan fingerprint density at radius 3 is 2.59 bits per heavy atom. The molecule has 6 heteroatoms. The second kappa shape index (κ2) is 8.22. The number of nitrogens with zero attached hydrogens (tertiary/aromatic N) is 1. The topological polar surface area (TPSA) is 70.7 Å². The molecule has 0 bridgehead atoms. The molecule has 2 aromatic rings. The summed E-state index contributed by atoms with van der Waals surface area (Å²) in [6.45, 7) is 3.94. The lowest BCUT2D eigenvalue weighted by Crippen LogP contribution is -2.50. The molecular weight excluding hydrogens is 342 g/mol. The number of hydrogen-bond acceptors (Lipinski definition) is 4. The van der Waals surface area contributed by atoms with E-state index in [9.17, 15) is 9.59 Å². The van der Waals surface area contributed by atoms with E-state index >= 15 is 0 Å². The summed E-state index contributed by atoms with van der Waals surface area (Å²) >= 11 is 0.